The van der Waals surface area contributed by atoms with E-state index in [0.29, 0.717) is 11.7 Å². The van der Waals surface area contributed by atoms with Crippen LogP contribution >= 0.6 is 12.2 Å². The average molecular weight is 456 g/mol. The quantitative estimate of drug-likeness (QED) is 0.423. The first kappa shape index (κ1) is 21.2. The van der Waals surface area contributed by atoms with Crippen LogP contribution in [0.15, 0.2) is 85.3 Å². The highest BCUT2D eigenvalue weighted by Gasteiger charge is 2.41. The summed E-state index contributed by atoms with van der Waals surface area (Å²) in [5.41, 5.74) is 5.49. The van der Waals surface area contributed by atoms with Gasteiger partial charge in [0.15, 0.2) is 5.11 Å². The SMILES string of the molecule is COc1ccc(-n2c(C)ccc2[C@H]2[C@@H](c3ccccn3)NC(=S)N2Cc2ccncc2)cc1. The summed E-state index contributed by atoms with van der Waals surface area (Å²) in [5.74, 6) is 0.833. The molecule has 166 valence electrons. The zero-order chi connectivity index (χ0) is 22.8. The van der Waals surface area contributed by atoms with Crippen LogP contribution in [0.1, 0.15) is 34.7 Å². The van der Waals surface area contributed by atoms with Crippen LogP contribution in [0.25, 0.3) is 5.69 Å². The van der Waals surface area contributed by atoms with E-state index in [9.17, 15) is 0 Å². The maximum atomic E-state index is 5.84. The Bertz CT molecular complexity index is 1240. The number of hydrogen-bond donors (Lipinski definition) is 1. The molecule has 1 N–H and O–H groups in total. The molecule has 0 aliphatic carbocycles. The second-order valence-corrected chi connectivity index (χ2v) is 8.43. The summed E-state index contributed by atoms with van der Waals surface area (Å²) < 4.78 is 7.65. The van der Waals surface area contributed by atoms with Crippen LogP contribution in [0, 0.1) is 6.92 Å². The van der Waals surface area contributed by atoms with Gasteiger partial charge in [0, 0.05) is 42.2 Å². The number of nitrogens with zero attached hydrogens (tertiary/aromatic N) is 4. The topological polar surface area (TPSA) is 55.2 Å². The van der Waals surface area contributed by atoms with Gasteiger partial charge in [0.05, 0.1) is 24.9 Å². The summed E-state index contributed by atoms with van der Waals surface area (Å²) in [5, 5.41) is 4.26. The van der Waals surface area contributed by atoms with Gasteiger partial charge in [0.1, 0.15) is 5.75 Å². The van der Waals surface area contributed by atoms with Crippen LogP contribution in [0.2, 0.25) is 0 Å². The van der Waals surface area contributed by atoms with Crippen molar-refractivity contribution in [2.75, 3.05) is 7.11 Å². The maximum absolute atomic E-state index is 5.84. The lowest BCUT2D eigenvalue weighted by Gasteiger charge is -2.29. The van der Waals surface area contributed by atoms with E-state index in [4.69, 9.17) is 17.0 Å². The number of hydrogen-bond acceptors (Lipinski definition) is 4. The number of benzene rings is 1. The molecule has 3 aromatic heterocycles. The molecule has 0 radical (unpaired) electrons. The Morgan fingerprint density at radius 1 is 0.970 bits per heavy atom. The molecule has 1 fully saturated rings. The monoisotopic (exact) mass is 455 g/mol. The van der Waals surface area contributed by atoms with Crippen molar-refractivity contribution in [1.29, 1.82) is 0 Å². The number of nitrogens with one attached hydrogen (secondary N) is 1. The first-order valence-corrected chi connectivity index (χ1v) is 11.3. The van der Waals surface area contributed by atoms with Crippen molar-refractivity contribution in [3.63, 3.8) is 0 Å². The lowest BCUT2D eigenvalue weighted by Crippen LogP contribution is -2.30. The first-order valence-electron chi connectivity index (χ1n) is 10.9. The third-order valence-electron chi connectivity index (χ3n) is 6.04. The van der Waals surface area contributed by atoms with Crippen LogP contribution in [-0.4, -0.2) is 31.7 Å². The van der Waals surface area contributed by atoms with Gasteiger partial charge in [-0.15, -0.1) is 0 Å². The fraction of sp³-hybridized carbons (Fsp3) is 0.192. The number of aryl methyl sites for hydroxylation is 1. The third-order valence-corrected chi connectivity index (χ3v) is 6.39. The molecule has 7 heteroatoms. The van der Waals surface area contributed by atoms with Crippen molar-refractivity contribution in [3.05, 3.63) is 108 Å². The van der Waals surface area contributed by atoms with Gasteiger partial charge in [-0.2, -0.15) is 0 Å². The van der Waals surface area contributed by atoms with E-state index >= 15 is 0 Å². The van der Waals surface area contributed by atoms with Gasteiger partial charge in [-0.25, -0.2) is 0 Å². The number of rotatable bonds is 6. The van der Waals surface area contributed by atoms with E-state index in [0.717, 1.165) is 34.1 Å². The molecule has 0 bridgehead atoms. The molecule has 0 saturated carbocycles. The zero-order valence-electron chi connectivity index (χ0n) is 18.6. The van der Waals surface area contributed by atoms with Crippen molar-refractivity contribution >= 4 is 17.3 Å². The van der Waals surface area contributed by atoms with Gasteiger partial charge in [-0.1, -0.05) is 6.07 Å². The molecule has 0 spiro atoms. The fourth-order valence-corrected chi connectivity index (χ4v) is 4.76. The number of ether oxygens (including phenoxy) is 1. The molecule has 0 unspecified atom stereocenters. The Hall–Kier alpha value is -3.71. The summed E-state index contributed by atoms with van der Waals surface area (Å²) in [4.78, 5) is 11.1. The number of thiocarbonyl (C=S) groups is 1. The smallest absolute Gasteiger partial charge is 0.170 e. The number of pyridine rings is 2. The molecule has 0 amide bonds. The highest BCUT2D eigenvalue weighted by atomic mass is 32.1. The fourth-order valence-electron chi connectivity index (χ4n) is 4.46. The average Bonchev–Trinajstić information content (AvgIpc) is 3.39. The van der Waals surface area contributed by atoms with Crippen LogP contribution in [-0.2, 0) is 6.54 Å². The lowest BCUT2D eigenvalue weighted by atomic mass is 10.0. The molecule has 4 heterocycles. The lowest BCUT2D eigenvalue weighted by molar-refractivity contribution is 0.302. The summed E-state index contributed by atoms with van der Waals surface area (Å²) in [6.45, 7) is 2.80. The van der Waals surface area contributed by atoms with Gasteiger partial charge in [0.25, 0.3) is 0 Å². The molecule has 4 aromatic rings. The minimum atomic E-state index is -0.0770. The Morgan fingerprint density at radius 2 is 1.76 bits per heavy atom. The minimum Gasteiger partial charge on any atom is -0.497 e. The molecule has 2 atom stereocenters. The van der Waals surface area contributed by atoms with Gasteiger partial charge in [-0.05, 0) is 85.4 Å². The van der Waals surface area contributed by atoms with E-state index in [1.807, 2.05) is 55.0 Å². The van der Waals surface area contributed by atoms with Crippen molar-refractivity contribution in [3.8, 4) is 11.4 Å². The van der Waals surface area contributed by atoms with E-state index in [2.05, 4.69) is 62.0 Å². The molecule has 1 aliphatic rings. The molecule has 5 rings (SSSR count). The van der Waals surface area contributed by atoms with Crippen LogP contribution in [0.5, 0.6) is 5.75 Å². The van der Waals surface area contributed by atoms with Crippen molar-refractivity contribution < 1.29 is 4.74 Å². The molecular formula is C26H25N5OS. The minimum absolute atomic E-state index is 0.0450. The standard InChI is InChI=1S/C26H25N5OS/c1-18-6-11-23(31(18)20-7-9-21(32-2)10-8-20)25-24(22-5-3-4-14-28-22)29-26(33)30(25)17-19-12-15-27-16-13-19/h3-16,24-25H,17H2,1-2H3,(H,29,33)/t24-,25+/m1/s1. The van der Waals surface area contributed by atoms with Gasteiger partial charge < -0.3 is 19.5 Å². The van der Waals surface area contributed by atoms with Crippen molar-refractivity contribution in [1.82, 2.24) is 24.8 Å². The Morgan fingerprint density at radius 3 is 2.45 bits per heavy atom. The molecule has 1 aromatic carbocycles. The van der Waals surface area contributed by atoms with E-state index in [1.165, 1.54) is 0 Å². The maximum Gasteiger partial charge on any atom is 0.170 e. The molecule has 1 aliphatic heterocycles. The molecular weight excluding hydrogens is 430 g/mol. The zero-order valence-corrected chi connectivity index (χ0v) is 19.4. The van der Waals surface area contributed by atoms with Crippen LogP contribution in [0.4, 0.5) is 0 Å². The Labute approximate surface area is 198 Å². The summed E-state index contributed by atoms with van der Waals surface area (Å²) >= 11 is 5.84. The van der Waals surface area contributed by atoms with Crippen molar-refractivity contribution in [2.45, 2.75) is 25.6 Å². The second kappa shape index (κ2) is 9.03. The van der Waals surface area contributed by atoms with Gasteiger partial charge >= 0.3 is 0 Å². The summed E-state index contributed by atoms with van der Waals surface area (Å²) in [6, 6.07) is 22.4. The van der Waals surface area contributed by atoms with E-state index in [-0.39, 0.29) is 12.1 Å². The molecule has 33 heavy (non-hydrogen) atoms. The highest BCUT2D eigenvalue weighted by Crippen LogP contribution is 2.41. The van der Waals surface area contributed by atoms with E-state index < -0.39 is 0 Å². The third kappa shape index (κ3) is 4.07. The van der Waals surface area contributed by atoms with Crippen LogP contribution in [0.3, 0.4) is 0 Å². The predicted octanol–water partition coefficient (Wildman–Crippen LogP) is 4.76. The number of aromatic nitrogens is 3. The largest absolute Gasteiger partial charge is 0.497 e. The Balaban J connectivity index is 1.62. The molecule has 1 saturated heterocycles. The van der Waals surface area contributed by atoms with Crippen LogP contribution < -0.4 is 10.1 Å². The Kier molecular flexibility index (Phi) is 5.79. The normalized spacial score (nSPS) is 17.8. The predicted molar refractivity (Wildman–Crippen MR) is 132 cm³/mol. The second-order valence-electron chi connectivity index (χ2n) is 8.04. The van der Waals surface area contributed by atoms with Crippen molar-refractivity contribution in [2.24, 2.45) is 0 Å². The number of methoxy groups -OCH3 is 1. The summed E-state index contributed by atoms with van der Waals surface area (Å²) in [7, 11) is 1.68. The summed E-state index contributed by atoms with van der Waals surface area (Å²) in [6.07, 6.45) is 5.46. The highest BCUT2D eigenvalue weighted by molar-refractivity contribution is 7.80. The first-order chi connectivity index (χ1) is 16.2. The van der Waals surface area contributed by atoms with Gasteiger partial charge in [-0.3, -0.25) is 9.97 Å². The van der Waals surface area contributed by atoms with Gasteiger partial charge in [0.2, 0.25) is 0 Å². The van der Waals surface area contributed by atoms with E-state index in [1.54, 1.807) is 7.11 Å². The molecule has 6 nitrogen and oxygen atoms in total.